The van der Waals surface area contributed by atoms with E-state index in [1.54, 1.807) is 0 Å². The van der Waals surface area contributed by atoms with Crippen LogP contribution in [0.25, 0.3) is 0 Å². The van der Waals surface area contributed by atoms with Gasteiger partial charge in [-0.15, -0.1) is 0 Å². The van der Waals surface area contributed by atoms with E-state index < -0.39 is 0 Å². The molecule has 1 nitrogen and oxygen atoms in total. The van der Waals surface area contributed by atoms with Gasteiger partial charge in [-0.3, -0.25) is 0 Å². The third kappa shape index (κ3) is 10.2. The second kappa shape index (κ2) is 16.4. The fourth-order valence-electron chi connectivity index (χ4n) is 6.40. The highest BCUT2D eigenvalue weighted by Crippen LogP contribution is 2.38. The van der Waals surface area contributed by atoms with Gasteiger partial charge in [-0.2, -0.15) is 0 Å². The number of unbranched alkanes of at least 4 members (excludes halogenated alkanes) is 6. The Morgan fingerprint density at radius 3 is 1.88 bits per heavy atom. The molecule has 0 atom stereocenters. The molecule has 0 amide bonds. The highest BCUT2D eigenvalue weighted by Gasteiger charge is 2.22. The maximum absolute atomic E-state index is 6.03. The minimum Gasteiger partial charge on any atom is -0.490 e. The average Bonchev–Trinajstić information content (AvgIpc) is 2.88. The maximum atomic E-state index is 6.03. The largest absolute Gasteiger partial charge is 0.490 e. The predicted molar refractivity (Wildman–Crippen MR) is 149 cm³/mol. The molecule has 192 valence electrons. The van der Waals surface area contributed by atoms with E-state index >= 15 is 0 Å². The summed E-state index contributed by atoms with van der Waals surface area (Å²) in [6.45, 7) is 5.32. The van der Waals surface area contributed by atoms with Crippen molar-refractivity contribution in [2.24, 2.45) is 17.8 Å². The number of hydrogen-bond acceptors (Lipinski definition) is 1. The monoisotopic (exact) mass is 466 g/mol. The maximum Gasteiger partial charge on any atom is 0.119 e. The Bertz CT molecular complexity index is 644. The van der Waals surface area contributed by atoms with Gasteiger partial charge in [-0.1, -0.05) is 102 Å². The van der Waals surface area contributed by atoms with Crippen molar-refractivity contribution in [2.45, 2.75) is 135 Å². The van der Waals surface area contributed by atoms with Gasteiger partial charge in [-0.25, -0.2) is 0 Å². The predicted octanol–water partition coefficient (Wildman–Crippen LogP) is 10.6. The van der Waals surface area contributed by atoms with Gasteiger partial charge in [0.05, 0.1) is 0 Å². The zero-order valence-electron chi connectivity index (χ0n) is 22.6. The van der Waals surface area contributed by atoms with Crippen molar-refractivity contribution in [2.75, 3.05) is 6.61 Å². The molecule has 0 aromatic heterocycles. The van der Waals surface area contributed by atoms with E-state index in [-0.39, 0.29) is 0 Å². The van der Waals surface area contributed by atoms with Crippen LogP contribution in [0.2, 0.25) is 0 Å². The molecule has 2 fully saturated rings. The molecule has 0 saturated heterocycles. The van der Waals surface area contributed by atoms with Crippen LogP contribution >= 0.6 is 0 Å². The number of benzene rings is 1. The van der Waals surface area contributed by atoms with E-state index in [4.69, 9.17) is 4.74 Å². The van der Waals surface area contributed by atoms with Crippen molar-refractivity contribution in [1.29, 1.82) is 0 Å². The molecule has 0 aliphatic heterocycles. The van der Waals surface area contributed by atoms with Crippen molar-refractivity contribution in [3.05, 3.63) is 42.0 Å². The molecule has 0 radical (unpaired) electrons. The lowest BCUT2D eigenvalue weighted by atomic mass is 9.77. The quantitative estimate of drug-likeness (QED) is 0.184. The van der Waals surface area contributed by atoms with Crippen LogP contribution in [0.1, 0.15) is 141 Å². The summed E-state index contributed by atoms with van der Waals surface area (Å²) in [4.78, 5) is 0. The van der Waals surface area contributed by atoms with Crippen molar-refractivity contribution in [3.8, 4) is 5.75 Å². The second-order valence-corrected chi connectivity index (χ2v) is 11.5. The number of rotatable bonds is 15. The Hall–Kier alpha value is -1.24. The normalized spacial score (nSPS) is 25.6. The minimum atomic E-state index is 0.707. The van der Waals surface area contributed by atoms with E-state index in [1.165, 1.54) is 121 Å². The molecule has 1 aromatic carbocycles. The van der Waals surface area contributed by atoms with Crippen LogP contribution in [-0.4, -0.2) is 6.61 Å². The molecule has 0 bridgehead atoms. The van der Waals surface area contributed by atoms with Gasteiger partial charge in [0.15, 0.2) is 0 Å². The van der Waals surface area contributed by atoms with Crippen LogP contribution in [0, 0.1) is 17.8 Å². The van der Waals surface area contributed by atoms with E-state index in [0.29, 0.717) is 6.61 Å². The summed E-state index contributed by atoms with van der Waals surface area (Å²) < 4.78 is 6.03. The molecular weight excluding hydrogens is 412 g/mol. The zero-order chi connectivity index (χ0) is 23.8. The third-order valence-electron chi connectivity index (χ3n) is 8.78. The third-order valence-corrected chi connectivity index (χ3v) is 8.78. The number of hydrogen-bond donors (Lipinski definition) is 0. The second-order valence-electron chi connectivity index (χ2n) is 11.5. The Morgan fingerprint density at radius 2 is 1.24 bits per heavy atom. The van der Waals surface area contributed by atoms with Gasteiger partial charge < -0.3 is 4.74 Å². The summed E-state index contributed by atoms with van der Waals surface area (Å²) in [5, 5.41) is 0. The first-order valence-electron chi connectivity index (χ1n) is 15.2. The summed E-state index contributed by atoms with van der Waals surface area (Å²) in [6.07, 6.45) is 30.2. The fraction of sp³-hybridized carbons (Fsp3) is 0.758. The van der Waals surface area contributed by atoms with Crippen LogP contribution in [-0.2, 0) is 0 Å². The van der Waals surface area contributed by atoms with Crippen molar-refractivity contribution < 1.29 is 4.74 Å². The standard InChI is InChI=1S/C33H54O/c1-3-5-7-8-10-13-29-19-21-31(22-20-29)32-23-25-33(26-24-32)34-27-11-14-30-17-15-28(16-18-30)12-9-6-4-2/h11,14,23-26,28-31H,3-10,12-13,15-22,27H2,1-2H3/b14-11+/t28-,29-,30-,31-. The van der Waals surface area contributed by atoms with Crippen molar-refractivity contribution in [3.63, 3.8) is 0 Å². The van der Waals surface area contributed by atoms with Gasteiger partial charge in [0.1, 0.15) is 12.4 Å². The van der Waals surface area contributed by atoms with Gasteiger partial charge in [0.25, 0.3) is 0 Å². The lowest BCUT2D eigenvalue weighted by molar-refractivity contribution is 0.288. The summed E-state index contributed by atoms with van der Waals surface area (Å²) in [5.74, 6) is 4.55. The zero-order valence-corrected chi connectivity index (χ0v) is 22.6. The van der Waals surface area contributed by atoms with Crippen LogP contribution in [0.4, 0.5) is 0 Å². The summed E-state index contributed by atoms with van der Waals surface area (Å²) in [6, 6.07) is 9.05. The van der Waals surface area contributed by atoms with Crippen molar-refractivity contribution >= 4 is 0 Å². The first-order valence-corrected chi connectivity index (χ1v) is 15.2. The Morgan fingerprint density at radius 1 is 0.676 bits per heavy atom. The SMILES string of the molecule is CCCCCCC[C@H]1CC[C@H](c2ccc(OC/C=C/[C@H]3CC[C@H](CCCCC)CC3)cc2)CC1. The molecule has 2 aliphatic carbocycles. The summed E-state index contributed by atoms with van der Waals surface area (Å²) in [7, 11) is 0. The summed E-state index contributed by atoms with van der Waals surface area (Å²) >= 11 is 0. The molecule has 0 heterocycles. The lowest BCUT2D eigenvalue weighted by Gasteiger charge is -2.29. The molecule has 1 aromatic rings. The van der Waals surface area contributed by atoms with Crippen LogP contribution in [0.15, 0.2) is 36.4 Å². The highest BCUT2D eigenvalue weighted by atomic mass is 16.5. The highest BCUT2D eigenvalue weighted by molar-refractivity contribution is 5.30. The fourth-order valence-corrected chi connectivity index (χ4v) is 6.40. The molecule has 0 N–H and O–H groups in total. The Balaban J connectivity index is 1.27. The van der Waals surface area contributed by atoms with E-state index in [2.05, 4.69) is 50.3 Å². The van der Waals surface area contributed by atoms with Gasteiger partial charge in [0, 0.05) is 0 Å². The van der Waals surface area contributed by atoms with E-state index in [1.807, 2.05) is 0 Å². The topological polar surface area (TPSA) is 9.23 Å². The minimum absolute atomic E-state index is 0.707. The number of ether oxygens (including phenoxy) is 1. The first-order chi connectivity index (χ1) is 16.8. The Labute approximate surface area is 212 Å². The van der Waals surface area contributed by atoms with Crippen LogP contribution in [0.3, 0.4) is 0 Å². The molecule has 2 aliphatic rings. The number of allylic oxidation sites excluding steroid dienone is 1. The smallest absolute Gasteiger partial charge is 0.119 e. The Kier molecular flexibility index (Phi) is 13.2. The molecule has 2 saturated carbocycles. The molecule has 1 heteroatoms. The van der Waals surface area contributed by atoms with Crippen LogP contribution < -0.4 is 4.74 Å². The average molecular weight is 467 g/mol. The molecule has 34 heavy (non-hydrogen) atoms. The lowest BCUT2D eigenvalue weighted by Crippen LogP contribution is -2.13. The van der Waals surface area contributed by atoms with Crippen LogP contribution in [0.5, 0.6) is 5.75 Å². The van der Waals surface area contributed by atoms with Gasteiger partial charge in [0.2, 0.25) is 0 Å². The van der Waals surface area contributed by atoms with E-state index in [9.17, 15) is 0 Å². The first kappa shape index (κ1) is 27.3. The van der Waals surface area contributed by atoms with Crippen molar-refractivity contribution in [1.82, 2.24) is 0 Å². The summed E-state index contributed by atoms with van der Waals surface area (Å²) in [5.41, 5.74) is 1.53. The molecule has 3 rings (SSSR count). The van der Waals surface area contributed by atoms with Gasteiger partial charge in [-0.05, 0) is 92.7 Å². The molecular formula is C33H54O. The molecule has 0 unspecified atom stereocenters. The van der Waals surface area contributed by atoms with E-state index in [0.717, 1.165) is 29.4 Å². The van der Waals surface area contributed by atoms with Gasteiger partial charge >= 0.3 is 0 Å². The molecule has 0 spiro atoms.